The fourth-order valence-corrected chi connectivity index (χ4v) is 9.82. The smallest absolute Gasteiger partial charge is 0.135 e. The van der Waals surface area contributed by atoms with Crippen LogP contribution in [0.2, 0.25) is 0 Å². The number of anilines is 4. The van der Waals surface area contributed by atoms with Gasteiger partial charge in [-0.15, -0.1) is 53.6 Å². The summed E-state index contributed by atoms with van der Waals surface area (Å²) in [4.78, 5) is 9.61. The van der Waals surface area contributed by atoms with Crippen LogP contribution in [0.15, 0.2) is 152 Å². The first-order valence-corrected chi connectivity index (χ1v) is 25.9. The van der Waals surface area contributed by atoms with E-state index in [1.807, 2.05) is 12.3 Å². The van der Waals surface area contributed by atoms with Gasteiger partial charge in [-0.25, -0.2) is 4.98 Å². The Labute approximate surface area is 455 Å². The summed E-state index contributed by atoms with van der Waals surface area (Å²) in [7, 11) is 0. The second-order valence-corrected chi connectivity index (χ2v) is 25.3. The van der Waals surface area contributed by atoms with Crippen molar-refractivity contribution in [3.05, 3.63) is 198 Å². The van der Waals surface area contributed by atoms with Crippen molar-refractivity contribution in [1.82, 2.24) is 9.55 Å². The molecule has 0 saturated carbocycles. The largest absolute Gasteiger partial charge is 0.509 e. The number of benzene rings is 7. The van der Waals surface area contributed by atoms with Crippen LogP contribution in [0.4, 0.5) is 22.7 Å². The molecule has 3 heterocycles. The maximum atomic E-state index is 6.97. The number of para-hydroxylation sites is 2. The molecule has 6 heteroatoms. The summed E-state index contributed by atoms with van der Waals surface area (Å²) in [5.74, 6) is 2.06. The molecule has 74 heavy (non-hydrogen) atoms. The molecule has 0 bridgehead atoms. The number of hydrogen-bond acceptors (Lipinski definition) is 4. The summed E-state index contributed by atoms with van der Waals surface area (Å²) in [5, 5.41) is 2.21. The Hall–Kier alpha value is -6.42. The van der Waals surface area contributed by atoms with E-state index in [1.54, 1.807) is 0 Å². The monoisotopic (exact) mass is 1150 g/mol. The van der Waals surface area contributed by atoms with Gasteiger partial charge in [0.05, 0.1) is 0 Å². The van der Waals surface area contributed by atoms with Gasteiger partial charge in [-0.3, -0.25) is 0 Å². The molecule has 0 radical (unpaired) electrons. The van der Waals surface area contributed by atoms with Crippen molar-refractivity contribution in [3.8, 4) is 39.6 Å². The Morgan fingerprint density at radius 3 is 1.61 bits per heavy atom. The maximum Gasteiger partial charge on any atom is 0.135 e. The minimum Gasteiger partial charge on any atom is -0.509 e. The molecule has 0 saturated heterocycles. The summed E-state index contributed by atoms with van der Waals surface area (Å²) in [6.45, 7) is 36.5. The van der Waals surface area contributed by atoms with E-state index in [0.29, 0.717) is 11.5 Å². The minimum absolute atomic E-state index is 0. The van der Waals surface area contributed by atoms with Crippen LogP contribution in [0.25, 0.3) is 49.9 Å². The molecule has 0 aliphatic carbocycles. The summed E-state index contributed by atoms with van der Waals surface area (Å²) in [6, 6.07) is 60.7. The normalized spacial score (nSPS) is 13.4. The summed E-state index contributed by atoms with van der Waals surface area (Å²) in [5.41, 5.74) is 16.8. The molecule has 1 aliphatic rings. The predicted octanol–water partition coefficient (Wildman–Crippen LogP) is 18.8. The summed E-state index contributed by atoms with van der Waals surface area (Å²) < 4.78 is 9.21. The van der Waals surface area contributed by atoms with Crippen LogP contribution in [-0.4, -0.2) is 9.55 Å². The van der Waals surface area contributed by atoms with Crippen LogP contribution in [0.1, 0.15) is 132 Å². The molecule has 7 aromatic carbocycles. The van der Waals surface area contributed by atoms with Gasteiger partial charge in [0, 0.05) is 61.3 Å². The first-order chi connectivity index (χ1) is 34.3. The van der Waals surface area contributed by atoms with E-state index < -0.39 is 0 Å². The molecule has 382 valence electrons. The second kappa shape index (κ2) is 19.1. The van der Waals surface area contributed by atoms with Crippen LogP contribution in [0.3, 0.4) is 0 Å². The van der Waals surface area contributed by atoms with Gasteiger partial charge in [0.25, 0.3) is 0 Å². The quantitative estimate of drug-likeness (QED) is 0.149. The molecule has 0 atom stereocenters. The van der Waals surface area contributed by atoms with E-state index in [0.717, 1.165) is 67.1 Å². The molecule has 5 nitrogen and oxygen atoms in total. The molecule has 0 fully saturated rings. The van der Waals surface area contributed by atoms with Crippen molar-refractivity contribution in [2.75, 3.05) is 9.80 Å². The van der Waals surface area contributed by atoms with E-state index in [4.69, 9.17) is 9.72 Å². The van der Waals surface area contributed by atoms with Gasteiger partial charge in [0.15, 0.2) is 0 Å². The van der Waals surface area contributed by atoms with Gasteiger partial charge in [-0.1, -0.05) is 188 Å². The first kappa shape index (κ1) is 52.4. The van der Waals surface area contributed by atoms with Crippen LogP contribution in [0.5, 0.6) is 11.5 Å². The Kier molecular flexibility index (Phi) is 13.5. The molecule has 0 unspecified atom stereocenters. The van der Waals surface area contributed by atoms with Gasteiger partial charge >= 0.3 is 0 Å². The van der Waals surface area contributed by atoms with Crippen molar-refractivity contribution in [2.24, 2.45) is 0 Å². The van der Waals surface area contributed by atoms with Crippen molar-refractivity contribution in [1.29, 1.82) is 0 Å². The molecule has 10 rings (SSSR count). The van der Waals surface area contributed by atoms with Crippen molar-refractivity contribution >= 4 is 44.6 Å². The van der Waals surface area contributed by atoms with Crippen LogP contribution in [-0.2, 0) is 48.1 Å². The average molecular weight is 1160 g/mol. The van der Waals surface area contributed by atoms with Gasteiger partial charge in [-0.2, -0.15) is 6.07 Å². The molecule has 0 spiro atoms. The topological polar surface area (TPSA) is 33.5 Å². The van der Waals surface area contributed by atoms with Crippen LogP contribution >= 0.6 is 0 Å². The SMILES string of the molecule is CC(C)(C)c1cc(Oc2[c-]c3c(cc2)c2ccc(-c4ccccc4)cc2n3-c2cc(C(C)(C)C)ccn2)[c-]c(N2[CH-]N(c3cc(-c4cc(C(C)(C)C)cc(C(C)(C)C)c4)cc(C(C)(C)C)c3)c3ccccc32)c1.[Pt]. The molecule has 9 aromatic rings. The van der Waals surface area contributed by atoms with Gasteiger partial charge in [0.1, 0.15) is 5.82 Å². The Morgan fingerprint density at radius 1 is 0.432 bits per heavy atom. The van der Waals surface area contributed by atoms with Crippen molar-refractivity contribution in [2.45, 2.75) is 131 Å². The maximum absolute atomic E-state index is 6.97. The number of ether oxygens (including phenoxy) is 1. The minimum atomic E-state index is -0.190. The predicted molar refractivity (Wildman–Crippen MR) is 309 cm³/mol. The first-order valence-electron chi connectivity index (χ1n) is 25.9. The summed E-state index contributed by atoms with van der Waals surface area (Å²) >= 11 is 0. The van der Waals surface area contributed by atoms with Crippen LogP contribution in [0, 0.1) is 18.8 Å². The molecule has 0 amide bonds. The fraction of sp³-hybridized carbons (Fsp3) is 0.294. The van der Waals surface area contributed by atoms with Crippen molar-refractivity contribution in [3.63, 3.8) is 0 Å². The molecule has 0 N–H and O–H groups in total. The number of nitrogens with zero attached hydrogens (tertiary/aromatic N) is 4. The summed E-state index contributed by atoms with van der Waals surface area (Å²) in [6.07, 6.45) is 1.92. The zero-order chi connectivity index (χ0) is 52.0. The van der Waals surface area contributed by atoms with Gasteiger partial charge < -0.3 is 19.1 Å². The molecule has 2 aromatic heterocycles. The molecular weight excluding hydrogens is 1080 g/mol. The third kappa shape index (κ3) is 10.3. The third-order valence-electron chi connectivity index (χ3n) is 14.5. The van der Waals surface area contributed by atoms with Crippen LogP contribution < -0.4 is 14.5 Å². The molecular formula is C68H71N4OPt-3. The fourth-order valence-electron chi connectivity index (χ4n) is 9.82. The van der Waals surface area contributed by atoms with E-state index in [1.165, 1.54) is 33.4 Å². The van der Waals surface area contributed by atoms with Gasteiger partial charge in [0.2, 0.25) is 0 Å². The Bertz CT molecular complexity index is 3520. The number of aromatic nitrogens is 2. The van der Waals surface area contributed by atoms with E-state index in [-0.39, 0.29) is 48.1 Å². The number of pyridine rings is 1. The van der Waals surface area contributed by atoms with E-state index in [9.17, 15) is 0 Å². The zero-order valence-corrected chi connectivity index (χ0v) is 48.3. The zero-order valence-electron chi connectivity index (χ0n) is 46.0. The number of rotatable bonds is 7. The Balaban J connectivity index is 0.00000672. The molecule has 1 aliphatic heterocycles. The van der Waals surface area contributed by atoms with Crippen molar-refractivity contribution < 1.29 is 25.8 Å². The number of hydrogen-bond donors (Lipinski definition) is 0. The Morgan fingerprint density at radius 2 is 0.986 bits per heavy atom. The standard InChI is InChI=1S/C68H71N4O.Pt/c1-64(2,3)48-29-30-69-63(40-48)72-61-35-45(44-21-17-16-18-22-44)25-27-57(61)58-28-26-55(42-62(58)72)73-56-39-52(68(13,14)15)38-54(41-56)71-43-70(59-23-19-20-24-60(59)71)53-34-47(33-51(37-53)67(10,11)12)46-31-49(65(4,5)6)36-50(32-46)66(7,8)9;/h16-40,43H,1-15H3;/q-3;. The average Bonchev–Trinajstić information content (AvgIpc) is 3.88. The van der Waals surface area contributed by atoms with Gasteiger partial charge in [-0.05, 0) is 119 Å². The third-order valence-corrected chi connectivity index (χ3v) is 14.5. The second-order valence-electron chi connectivity index (χ2n) is 25.3. The number of fused-ring (bicyclic) bond motifs is 4. The van der Waals surface area contributed by atoms with E-state index in [2.05, 4.69) is 277 Å². The van der Waals surface area contributed by atoms with E-state index >= 15 is 0 Å².